The number of amides is 1. The minimum absolute atomic E-state index is 0.299. The topological polar surface area (TPSA) is 101 Å². The number of hydrogen-bond acceptors (Lipinski definition) is 5. The summed E-state index contributed by atoms with van der Waals surface area (Å²) in [6, 6.07) is 23.8. The van der Waals surface area contributed by atoms with Gasteiger partial charge in [-0.2, -0.15) is 5.10 Å². The number of carbonyl (C=O) groups is 1. The summed E-state index contributed by atoms with van der Waals surface area (Å²) in [7, 11) is 1.38. The van der Waals surface area contributed by atoms with Gasteiger partial charge in [0.2, 0.25) is 0 Å². The zero-order valence-corrected chi connectivity index (χ0v) is 19.1. The molecule has 5 aromatic rings. The van der Waals surface area contributed by atoms with Gasteiger partial charge in [-0.15, -0.1) is 0 Å². The third-order valence-corrected chi connectivity index (χ3v) is 6.89. The van der Waals surface area contributed by atoms with Crippen LogP contribution in [-0.4, -0.2) is 32.8 Å². The van der Waals surface area contributed by atoms with Crippen LogP contribution in [0.4, 0.5) is 4.79 Å². The van der Waals surface area contributed by atoms with Crippen LogP contribution in [0.3, 0.4) is 0 Å². The molecule has 6 rings (SSSR count). The molecule has 1 saturated carbocycles. The number of carbonyl (C=O) groups excluding carboxylic acids is 1. The van der Waals surface area contributed by atoms with Crippen LogP contribution in [-0.2, 0) is 10.3 Å². The molecule has 1 aliphatic rings. The lowest BCUT2D eigenvalue weighted by atomic mass is 9.71. The summed E-state index contributed by atoms with van der Waals surface area (Å²) in [6.45, 7) is 0. The average Bonchev–Trinajstić information content (AvgIpc) is 3.27. The molecule has 1 aliphatic carbocycles. The zero-order chi connectivity index (χ0) is 24.0. The molecule has 2 aromatic carbocycles. The number of ether oxygens (including phenoxy) is 1. The third kappa shape index (κ3) is 3.45. The number of benzene rings is 2. The van der Waals surface area contributed by atoms with Crippen LogP contribution in [0.2, 0.25) is 0 Å². The molecule has 3 heterocycles. The van der Waals surface area contributed by atoms with E-state index in [0.29, 0.717) is 16.7 Å². The molecule has 0 bridgehead atoms. The highest BCUT2D eigenvalue weighted by atomic mass is 16.5. The van der Waals surface area contributed by atoms with E-state index in [4.69, 9.17) is 9.72 Å². The maximum absolute atomic E-state index is 12.4. The Balaban J connectivity index is 1.51. The van der Waals surface area contributed by atoms with Gasteiger partial charge in [0.05, 0.1) is 29.4 Å². The minimum atomic E-state index is -0.419. The molecule has 174 valence electrons. The van der Waals surface area contributed by atoms with Crippen LogP contribution in [0.25, 0.3) is 39.1 Å². The van der Waals surface area contributed by atoms with Gasteiger partial charge >= 0.3 is 11.8 Å². The smallest absolute Gasteiger partial charge is 0.407 e. The van der Waals surface area contributed by atoms with Crippen LogP contribution in [0.1, 0.15) is 24.8 Å². The molecule has 0 aliphatic heterocycles. The third-order valence-electron chi connectivity index (χ3n) is 6.89. The Bertz CT molecular complexity index is 1620. The number of aromatic nitrogens is 4. The highest BCUT2D eigenvalue weighted by molar-refractivity contribution is 5.91. The second kappa shape index (κ2) is 8.09. The van der Waals surface area contributed by atoms with E-state index in [1.54, 1.807) is 10.5 Å². The molecule has 2 N–H and O–H groups in total. The Morgan fingerprint density at radius 1 is 1.03 bits per heavy atom. The second-order valence-corrected chi connectivity index (χ2v) is 8.84. The lowest BCUT2D eigenvalue weighted by Crippen LogP contribution is -2.50. The van der Waals surface area contributed by atoms with Crippen LogP contribution >= 0.6 is 0 Å². The first-order valence-electron chi connectivity index (χ1n) is 11.5. The van der Waals surface area contributed by atoms with Crippen molar-refractivity contribution in [3.05, 3.63) is 88.8 Å². The van der Waals surface area contributed by atoms with Crippen molar-refractivity contribution in [3.8, 4) is 22.4 Å². The number of nitrogens with zero attached hydrogens (tertiary/aromatic N) is 3. The molecule has 0 radical (unpaired) electrons. The van der Waals surface area contributed by atoms with Crippen molar-refractivity contribution >= 4 is 22.8 Å². The molecule has 0 atom stereocenters. The SMILES string of the molecule is COC(=O)NC1(c2ccc(-c3nc4ccc5n[nH]c(=O)n5c4cc3-c3ccccc3)cc2)CCC1. The molecular weight excluding hydrogens is 442 g/mol. The maximum Gasteiger partial charge on any atom is 0.407 e. The van der Waals surface area contributed by atoms with E-state index in [0.717, 1.165) is 47.2 Å². The predicted molar refractivity (Wildman–Crippen MR) is 133 cm³/mol. The van der Waals surface area contributed by atoms with Crippen molar-refractivity contribution < 1.29 is 9.53 Å². The van der Waals surface area contributed by atoms with Crippen molar-refractivity contribution in [2.24, 2.45) is 0 Å². The largest absolute Gasteiger partial charge is 0.453 e. The number of alkyl carbamates (subject to hydrolysis) is 1. The van der Waals surface area contributed by atoms with Gasteiger partial charge in [-0.3, -0.25) is 0 Å². The summed E-state index contributed by atoms with van der Waals surface area (Å²) >= 11 is 0. The average molecular weight is 466 g/mol. The first kappa shape index (κ1) is 21.1. The van der Waals surface area contributed by atoms with Crippen LogP contribution < -0.4 is 11.0 Å². The number of nitrogens with one attached hydrogen (secondary N) is 2. The molecule has 1 amide bonds. The monoisotopic (exact) mass is 465 g/mol. The van der Waals surface area contributed by atoms with Gasteiger partial charge in [0.25, 0.3) is 0 Å². The van der Waals surface area contributed by atoms with Crippen molar-refractivity contribution in [1.82, 2.24) is 24.9 Å². The van der Waals surface area contributed by atoms with Gasteiger partial charge in [0.15, 0.2) is 5.65 Å². The molecule has 35 heavy (non-hydrogen) atoms. The summed E-state index contributed by atoms with van der Waals surface area (Å²) in [5.41, 5.74) is 5.96. The lowest BCUT2D eigenvalue weighted by molar-refractivity contribution is 0.128. The molecule has 0 unspecified atom stereocenters. The van der Waals surface area contributed by atoms with Crippen LogP contribution in [0, 0.1) is 0 Å². The highest BCUT2D eigenvalue weighted by Crippen LogP contribution is 2.42. The van der Waals surface area contributed by atoms with Crippen LogP contribution in [0.5, 0.6) is 0 Å². The normalized spacial score (nSPS) is 14.5. The minimum Gasteiger partial charge on any atom is -0.453 e. The summed E-state index contributed by atoms with van der Waals surface area (Å²) in [5, 5.41) is 9.62. The number of pyridine rings is 2. The van der Waals surface area contributed by atoms with E-state index in [2.05, 4.69) is 27.6 Å². The fourth-order valence-electron chi connectivity index (χ4n) is 4.89. The Hall–Kier alpha value is -4.46. The molecule has 0 saturated heterocycles. The molecule has 8 nitrogen and oxygen atoms in total. The van der Waals surface area contributed by atoms with E-state index in [1.165, 1.54) is 7.11 Å². The summed E-state index contributed by atoms with van der Waals surface area (Å²) in [4.78, 5) is 29.4. The van der Waals surface area contributed by atoms with E-state index in [9.17, 15) is 9.59 Å². The van der Waals surface area contributed by atoms with E-state index >= 15 is 0 Å². The quantitative estimate of drug-likeness (QED) is 0.403. The van der Waals surface area contributed by atoms with Gasteiger partial charge < -0.3 is 10.1 Å². The first-order valence-corrected chi connectivity index (χ1v) is 11.5. The van der Waals surface area contributed by atoms with Crippen molar-refractivity contribution in [2.75, 3.05) is 7.11 Å². The van der Waals surface area contributed by atoms with E-state index in [-0.39, 0.29) is 5.69 Å². The fraction of sp³-hybridized carbons (Fsp3) is 0.185. The van der Waals surface area contributed by atoms with Crippen molar-refractivity contribution in [3.63, 3.8) is 0 Å². The number of methoxy groups -OCH3 is 1. The summed E-state index contributed by atoms with van der Waals surface area (Å²) < 4.78 is 6.39. The maximum atomic E-state index is 12.4. The Morgan fingerprint density at radius 3 is 2.49 bits per heavy atom. The molecule has 3 aromatic heterocycles. The number of H-pyrrole nitrogens is 1. The summed E-state index contributed by atoms with van der Waals surface area (Å²) in [5.74, 6) is 0. The van der Waals surface area contributed by atoms with Gasteiger partial charge in [-0.1, -0.05) is 54.6 Å². The Kier molecular flexibility index (Phi) is 4.88. The Morgan fingerprint density at radius 2 is 1.80 bits per heavy atom. The second-order valence-electron chi connectivity index (χ2n) is 8.84. The number of aromatic amines is 1. The van der Waals surface area contributed by atoms with E-state index in [1.807, 2.05) is 54.6 Å². The molecular formula is C27H23N5O3. The number of fused-ring (bicyclic) bond motifs is 3. The molecule has 0 spiro atoms. The zero-order valence-electron chi connectivity index (χ0n) is 19.1. The lowest BCUT2D eigenvalue weighted by Gasteiger charge is -2.42. The van der Waals surface area contributed by atoms with Crippen molar-refractivity contribution in [2.45, 2.75) is 24.8 Å². The summed E-state index contributed by atoms with van der Waals surface area (Å²) in [6.07, 6.45) is 2.39. The highest BCUT2D eigenvalue weighted by Gasteiger charge is 2.40. The van der Waals surface area contributed by atoms with Gasteiger partial charge in [0.1, 0.15) is 0 Å². The molecule has 8 heteroatoms. The number of rotatable bonds is 4. The van der Waals surface area contributed by atoms with Gasteiger partial charge in [0, 0.05) is 11.1 Å². The predicted octanol–water partition coefficient (Wildman–Crippen LogP) is 4.64. The van der Waals surface area contributed by atoms with Crippen LogP contribution in [0.15, 0.2) is 77.6 Å². The van der Waals surface area contributed by atoms with Gasteiger partial charge in [-0.25, -0.2) is 24.1 Å². The number of hydrogen-bond donors (Lipinski definition) is 2. The fourth-order valence-corrected chi connectivity index (χ4v) is 4.89. The standard InChI is InChI=1S/C27H23N5O3/c1-35-26(34)29-27(14-5-15-27)19-10-8-18(9-11-19)24-20(17-6-3-2-4-7-17)16-22-21(28-24)12-13-23-30-31-25(33)32(22)23/h2-4,6-13,16H,5,14-15H2,1H3,(H,29,34)(H,31,33). The van der Waals surface area contributed by atoms with Gasteiger partial charge in [-0.05, 0) is 48.6 Å². The Labute approximate surface area is 200 Å². The molecule has 1 fully saturated rings. The van der Waals surface area contributed by atoms with E-state index < -0.39 is 11.6 Å². The first-order chi connectivity index (χ1) is 17.1. The van der Waals surface area contributed by atoms with Crippen molar-refractivity contribution in [1.29, 1.82) is 0 Å².